The zero-order valence-corrected chi connectivity index (χ0v) is 11.8. The average Bonchev–Trinajstić information content (AvgIpc) is 2.60. The number of rotatable bonds is 3. The summed E-state index contributed by atoms with van der Waals surface area (Å²) < 4.78 is 5.00. The van der Waals surface area contributed by atoms with Crippen LogP contribution in [0.5, 0.6) is 0 Å². The molecule has 1 rings (SSSR count). The highest BCUT2D eigenvalue weighted by Crippen LogP contribution is 2.33. The molecule has 7 heteroatoms. The van der Waals surface area contributed by atoms with Crippen molar-refractivity contribution in [2.24, 2.45) is 16.5 Å². The molecule has 0 radical (unpaired) electrons. The first-order valence-electron chi connectivity index (χ1n) is 5.53. The summed E-state index contributed by atoms with van der Waals surface area (Å²) in [5.41, 5.74) is 11.0. The van der Waals surface area contributed by atoms with E-state index in [4.69, 9.17) is 16.2 Å². The topological polar surface area (TPSA) is 104 Å². The van der Waals surface area contributed by atoms with Gasteiger partial charge in [0.15, 0.2) is 5.96 Å². The van der Waals surface area contributed by atoms with Gasteiger partial charge in [0.1, 0.15) is 4.88 Å². The van der Waals surface area contributed by atoms with Crippen LogP contribution in [0.25, 0.3) is 0 Å². The molecular formula is C11H18N4O2S. The van der Waals surface area contributed by atoms with Crippen LogP contribution in [-0.2, 0) is 10.2 Å². The third kappa shape index (κ3) is 3.43. The molecule has 0 saturated carbocycles. The number of esters is 1. The van der Waals surface area contributed by atoms with Crippen molar-refractivity contribution >= 4 is 28.4 Å². The molecule has 0 amide bonds. The van der Waals surface area contributed by atoms with Gasteiger partial charge in [-0.15, -0.1) is 0 Å². The Bertz CT molecular complexity index is 470. The van der Waals surface area contributed by atoms with Crippen LogP contribution >= 0.6 is 11.3 Å². The predicted molar refractivity (Wildman–Crippen MR) is 72.2 cm³/mol. The summed E-state index contributed by atoms with van der Waals surface area (Å²) in [6, 6.07) is 0. The maximum absolute atomic E-state index is 11.8. The second-order valence-corrected chi connectivity index (χ2v) is 5.66. The van der Waals surface area contributed by atoms with Gasteiger partial charge in [0, 0.05) is 5.41 Å². The molecule has 100 valence electrons. The van der Waals surface area contributed by atoms with E-state index in [0.29, 0.717) is 22.3 Å². The van der Waals surface area contributed by atoms with Crippen molar-refractivity contribution in [2.45, 2.75) is 33.1 Å². The monoisotopic (exact) mass is 270 g/mol. The van der Waals surface area contributed by atoms with Crippen molar-refractivity contribution in [3.05, 3.63) is 10.6 Å². The summed E-state index contributed by atoms with van der Waals surface area (Å²) in [5, 5.41) is 0.364. The van der Waals surface area contributed by atoms with Crippen molar-refractivity contribution in [1.29, 1.82) is 0 Å². The molecular weight excluding hydrogens is 252 g/mol. The fourth-order valence-corrected chi connectivity index (χ4v) is 2.37. The Morgan fingerprint density at radius 3 is 2.50 bits per heavy atom. The maximum Gasteiger partial charge on any atom is 0.350 e. The minimum absolute atomic E-state index is 0.0837. The first-order valence-corrected chi connectivity index (χ1v) is 6.35. The minimum Gasteiger partial charge on any atom is -0.462 e. The van der Waals surface area contributed by atoms with Crippen LogP contribution in [0.15, 0.2) is 4.99 Å². The Hall–Kier alpha value is -1.63. The molecule has 18 heavy (non-hydrogen) atoms. The van der Waals surface area contributed by atoms with Crippen LogP contribution < -0.4 is 11.5 Å². The summed E-state index contributed by atoms with van der Waals surface area (Å²) in [6.45, 7) is 7.96. The molecule has 0 fully saturated rings. The molecule has 0 bridgehead atoms. The molecule has 0 aromatic carbocycles. The first kappa shape index (κ1) is 14.4. The van der Waals surface area contributed by atoms with Crippen molar-refractivity contribution in [3.63, 3.8) is 0 Å². The lowest BCUT2D eigenvalue weighted by Gasteiger charge is -2.16. The van der Waals surface area contributed by atoms with E-state index in [0.717, 1.165) is 11.3 Å². The minimum atomic E-state index is -0.392. The summed E-state index contributed by atoms with van der Waals surface area (Å²) >= 11 is 1.13. The third-order valence-electron chi connectivity index (χ3n) is 2.01. The van der Waals surface area contributed by atoms with Gasteiger partial charge in [0.05, 0.1) is 12.3 Å². The molecule has 6 nitrogen and oxygen atoms in total. The second-order valence-electron chi connectivity index (χ2n) is 4.68. The van der Waals surface area contributed by atoms with E-state index in [1.165, 1.54) is 0 Å². The lowest BCUT2D eigenvalue weighted by atomic mass is 9.91. The summed E-state index contributed by atoms with van der Waals surface area (Å²) in [6.07, 6.45) is 0. The van der Waals surface area contributed by atoms with Crippen LogP contribution in [0.2, 0.25) is 0 Å². The van der Waals surface area contributed by atoms with E-state index in [-0.39, 0.29) is 11.4 Å². The van der Waals surface area contributed by atoms with Gasteiger partial charge < -0.3 is 16.2 Å². The van der Waals surface area contributed by atoms with Gasteiger partial charge in [-0.3, -0.25) is 0 Å². The molecule has 4 N–H and O–H groups in total. The zero-order valence-electron chi connectivity index (χ0n) is 11.0. The largest absolute Gasteiger partial charge is 0.462 e. The number of carbonyl (C=O) groups excluding carboxylic acids is 1. The van der Waals surface area contributed by atoms with Gasteiger partial charge in [-0.2, -0.15) is 4.99 Å². The summed E-state index contributed by atoms with van der Waals surface area (Å²) in [4.78, 5) is 20.5. The van der Waals surface area contributed by atoms with Crippen LogP contribution in [0.1, 0.15) is 43.1 Å². The van der Waals surface area contributed by atoms with Crippen molar-refractivity contribution in [1.82, 2.24) is 4.98 Å². The van der Waals surface area contributed by atoms with Crippen LogP contribution in [0.4, 0.5) is 5.13 Å². The lowest BCUT2D eigenvalue weighted by Crippen LogP contribution is -2.21. The molecule has 0 aliphatic heterocycles. The molecule has 0 unspecified atom stereocenters. The van der Waals surface area contributed by atoms with E-state index in [1.54, 1.807) is 6.92 Å². The van der Waals surface area contributed by atoms with Crippen LogP contribution in [0.3, 0.4) is 0 Å². The number of nitrogens with two attached hydrogens (primary N) is 2. The summed E-state index contributed by atoms with van der Waals surface area (Å²) in [5.74, 6) is -0.475. The van der Waals surface area contributed by atoms with E-state index in [2.05, 4.69) is 9.98 Å². The van der Waals surface area contributed by atoms with Crippen molar-refractivity contribution in [2.75, 3.05) is 6.61 Å². The van der Waals surface area contributed by atoms with E-state index in [1.807, 2.05) is 20.8 Å². The smallest absolute Gasteiger partial charge is 0.350 e. The molecule has 1 aromatic rings. The number of thiazole rings is 1. The van der Waals surface area contributed by atoms with E-state index in [9.17, 15) is 4.79 Å². The molecule has 1 aromatic heterocycles. The number of ether oxygens (including phenoxy) is 1. The number of hydrogen-bond donors (Lipinski definition) is 2. The number of nitrogens with zero attached hydrogens (tertiary/aromatic N) is 2. The number of carbonyl (C=O) groups is 1. The quantitative estimate of drug-likeness (QED) is 0.492. The van der Waals surface area contributed by atoms with Crippen molar-refractivity contribution in [3.8, 4) is 0 Å². The maximum atomic E-state index is 11.8. The summed E-state index contributed by atoms with van der Waals surface area (Å²) in [7, 11) is 0. The Balaban J connectivity index is 3.26. The highest BCUT2D eigenvalue weighted by Gasteiger charge is 2.27. The van der Waals surface area contributed by atoms with Gasteiger partial charge in [0.25, 0.3) is 0 Å². The standard InChI is InChI=1S/C11H18N4O2S/c1-5-17-8(16)6-7(11(2,3)4)14-10(18-6)15-9(12)13/h5H2,1-4H3,(H4,12,13,14,15). The predicted octanol–water partition coefficient (Wildman–Crippen LogP) is 1.52. The first-order chi connectivity index (χ1) is 8.25. The van der Waals surface area contributed by atoms with Gasteiger partial charge in [-0.25, -0.2) is 9.78 Å². The fourth-order valence-electron chi connectivity index (χ4n) is 1.31. The van der Waals surface area contributed by atoms with Crippen LogP contribution in [-0.4, -0.2) is 23.5 Å². The normalized spacial score (nSPS) is 11.1. The number of hydrogen-bond acceptors (Lipinski definition) is 5. The zero-order chi connectivity index (χ0) is 13.9. The van der Waals surface area contributed by atoms with Crippen molar-refractivity contribution < 1.29 is 9.53 Å². The lowest BCUT2D eigenvalue weighted by molar-refractivity contribution is 0.0529. The highest BCUT2D eigenvalue weighted by molar-refractivity contribution is 7.17. The SMILES string of the molecule is CCOC(=O)c1sc(N=C(N)N)nc1C(C)(C)C. The molecule has 0 atom stereocenters. The number of aromatic nitrogens is 1. The molecule has 0 aliphatic rings. The number of aliphatic imine (C=N–C) groups is 1. The number of guanidine groups is 1. The Morgan fingerprint density at radius 1 is 1.44 bits per heavy atom. The Kier molecular flexibility index (Phi) is 4.28. The van der Waals surface area contributed by atoms with Gasteiger partial charge in [-0.1, -0.05) is 32.1 Å². The third-order valence-corrected chi connectivity index (χ3v) is 2.94. The second kappa shape index (κ2) is 5.34. The Morgan fingerprint density at radius 2 is 2.06 bits per heavy atom. The average molecular weight is 270 g/mol. The van der Waals surface area contributed by atoms with E-state index < -0.39 is 5.97 Å². The van der Waals surface area contributed by atoms with Gasteiger partial charge in [-0.05, 0) is 6.92 Å². The molecule has 0 saturated heterocycles. The molecule has 0 spiro atoms. The fraction of sp³-hybridized carbons (Fsp3) is 0.545. The van der Waals surface area contributed by atoms with E-state index >= 15 is 0 Å². The van der Waals surface area contributed by atoms with Crippen LogP contribution in [0, 0.1) is 0 Å². The molecule has 1 heterocycles. The van der Waals surface area contributed by atoms with Gasteiger partial charge in [0.2, 0.25) is 5.13 Å². The van der Waals surface area contributed by atoms with Gasteiger partial charge >= 0.3 is 5.97 Å². The molecule has 0 aliphatic carbocycles. The Labute approximate surface area is 110 Å². The highest BCUT2D eigenvalue weighted by atomic mass is 32.1.